The minimum atomic E-state index is -0.209. The molecule has 1 aromatic heterocycles. The SMILES string of the molecule is Cc1cc(CN2C(=O)COc3ccc(/C=C4/SC(=S)NC4=O)cc32)cc(C)n1. The fraction of sp³-hybridized carbons (Fsp3) is 0.200. The molecule has 28 heavy (non-hydrogen) atoms. The molecule has 0 unspecified atom stereocenters. The van der Waals surface area contributed by atoms with Crippen LogP contribution in [0, 0.1) is 13.8 Å². The van der Waals surface area contributed by atoms with Crippen molar-refractivity contribution in [3.63, 3.8) is 0 Å². The summed E-state index contributed by atoms with van der Waals surface area (Å²) in [5.74, 6) is 0.321. The number of pyridine rings is 1. The van der Waals surface area contributed by atoms with Crippen molar-refractivity contribution in [1.82, 2.24) is 10.3 Å². The molecular weight excluding hydrogens is 394 g/mol. The number of hydrogen-bond donors (Lipinski definition) is 1. The van der Waals surface area contributed by atoms with Crippen molar-refractivity contribution < 1.29 is 14.3 Å². The lowest BCUT2D eigenvalue weighted by atomic mass is 10.1. The number of carbonyl (C=O) groups is 2. The minimum absolute atomic E-state index is 0.00299. The van der Waals surface area contributed by atoms with Crippen LogP contribution in [0.3, 0.4) is 0 Å². The molecule has 6 nitrogen and oxygen atoms in total. The van der Waals surface area contributed by atoms with Crippen LogP contribution in [-0.4, -0.2) is 27.7 Å². The van der Waals surface area contributed by atoms with Gasteiger partial charge in [-0.1, -0.05) is 30.0 Å². The molecule has 3 heterocycles. The van der Waals surface area contributed by atoms with Gasteiger partial charge in [0.1, 0.15) is 10.1 Å². The number of benzene rings is 1. The first kappa shape index (κ1) is 18.6. The largest absolute Gasteiger partial charge is 0.482 e. The molecule has 142 valence electrons. The zero-order chi connectivity index (χ0) is 19.8. The third kappa shape index (κ3) is 3.79. The van der Waals surface area contributed by atoms with E-state index in [9.17, 15) is 9.59 Å². The van der Waals surface area contributed by atoms with Gasteiger partial charge in [0.25, 0.3) is 11.8 Å². The Morgan fingerprint density at radius 1 is 1.25 bits per heavy atom. The van der Waals surface area contributed by atoms with Crippen molar-refractivity contribution in [2.24, 2.45) is 0 Å². The van der Waals surface area contributed by atoms with Gasteiger partial charge >= 0.3 is 0 Å². The number of rotatable bonds is 3. The van der Waals surface area contributed by atoms with E-state index in [0.717, 1.165) is 22.5 Å². The Hall–Kier alpha value is -2.71. The summed E-state index contributed by atoms with van der Waals surface area (Å²) in [6, 6.07) is 9.48. The molecular formula is C20H17N3O3S2. The molecule has 1 fully saturated rings. The average molecular weight is 412 g/mol. The van der Waals surface area contributed by atoms with E-state index < -0.39 is 0 Å². The van der Waals surface area contributed by atoms with E-state index in [1.165, 1.54) is 11.8 Å². The van der Waals surface area contributed by atoms with E-state index in [1.54, 1.807) is 11.0 Å². The fourth-order valence-corrected chi connectivity index (χ4v) is 4.29. The van der Waals surface area contributed by atoms with Gasteiger partial charge in [-0.2, -0.15) is 0 Å². The molecule has 0 bridgehead atoms. The average Bonchev–Trinajstić information content (AvgIpc) is 2.94. The molecule has 1 saturated heterocycles. The van der Waals surface area contributed by atoms with Gasteiger partial charge in [-0.05, 0) is 55.3 Å². The van der Waals surface area contributed by atoms with Crippen molar-refractivity contribution >= 4 is 51.9 Å². The number of nitrogens with one attached hydrogen (secondary N) is 1. The molecule has 0 aliphatic carbocycles. The van der Waals surface area contributed by atoms with Gasteiger partial charge in [0.15, 0.2) is 6.61 Å². The molecule has 1 N–H and O–H groups in total. The monoisotopic (exact) mass is 411 g/mol. The molecule has 0 saturated carbocycles. The van der Waals surface area contributed by atoms with Crippen LogP contribution in [0.4, 0.5) is 5.69 Å². The summed E-state index contributed by atoms with van der Waals surface area (Å²) in [6.45, 7) is 4.30. The number of carbonyl (C=O) groups excluding carboxylic acids is 2. The van der Waals surface area contributed by atoms with Crippen LogP contribution in [0.25, 0.3) is 6.08 Å². The standard InChI is InChI=1S/C20H17N3O3S2/c1-11-5-14(6-12(2)21-11)9-23-15-7-13(3-4-16(15)26-10-18(23)24)8-17-19(25)22-20(27)28-17/h3-8H,9-10H2,1-2H3,(H,22,25,27)/b17-8+. The number of nitrogens with zero attached hydrogens (tertiary/aromatic N) is 2. The zero-order valence-corrected chi connectivity index (χ0v) is 16.9. The molecule has 0 radical (unpaired) electrons. The van der Waals surface area contributed by atoms with Crippen LogP contribution in [-0.2, 0) is 16.1 Å². The molecule has 2 aliphatic rings. The summed E-state index contributed by atoms with van der Waals surface area (Å²) in [7, 11) is 0. The molecule has 2 amide bonds. The summed E-state index contributed by atoms with van der Waals surface area (Å²) < 4.78 is 6.03. The van der Waals surface area contributed by atoms with Gasteiger partial charge in [0, 0.05) is 11.4 Å². The normalized spacial score (nSPS) is 17.6. The van der Waals surface area contributed by atoms with Crippen LogP contribution in [0.1, 0.15) is 22.5 Å². The van der Waals surface area contributed by atoms with Crippen LogP contribution in [0.2, 0.25) is 0 Å². The minimum Gasteiger partial charge on any atom is -0.482 e. The lowest BCUT2D eigenvalue weighted by Crippen LogP contribution is -2.38. The highest BCUT2D eigenvalue weighted by Gasteiger charge is 2.27. The number of ether oxygens (including phenoxy) is 1. The number of anilines is 1. The topological polar surface area (TPSA) is 71.5 Å². The van der Waals surface area contributed by atoms with E-state index >= 15 is 0 Å². The van der Waals surface area contributed by atoms with E-state index in [2.05, 4.69) is 10.3 Å². The molecule has 8 heteroatoms. The first-order valence-corrected chi connectivity index (χ1v) is 9.88. The van der Waals surface area contributed by atoms with Crippen molar-refractivity contribution in [1.29, 1.82) is 0 Å². The Morgan fingerprint density at radius 3 is 2.68 bits per heavy atom. The lowest BCUT2D eigenvalue weighted by molar-refractivity contribution is -0.121. The number of hydrogen-bond acceptors (Lipinski definition) is 6. The number of aromatic nitrogens is 1. The van der Waals surface area contributed by atoms with E-state index in [4.69, 9.17) is 17.0 Å². The number of thiocarbonyl (C=S) groups is 1. The fourth-order valence-electron chi connectivity index (χ4n) is 3.25. The van der Waals surface area contributed by atoms with Crippen molar-refractivity contribution in [2.45, 2.75) is 20.4 Å². The third-order valence-electron chi connectivity index (χ3n) is 4.35. The first-order valence-electron chi connectivity index (χ1n) is 8.65. The highest BCUT2D eigenvalue weighted by molar-refractivity contribution is 8.26. The van der Waals surface area contributed by atoms with Gasteiger partial charge in [0.2, 0.25) is 0 Å². The number of thioether (sulfide) groups is 1. The van der Waals surface area contributed by atoms with Crippen LogP contribution < -0.4 is 15.0 Å². The highest BCUT2D eigenvalue weighted by Crippen LogP contribution is 2.35. The Kier molecular flexibility index (Phi) is 4.91. The molecule has 0 spiro atoms. The molecule has 4 rings (SSSR count). The Bertz CT molecular complexity index is 1030. The second kappa shape index (κ2) is 7.37. The van der Waals surface area contributed by atoms with Gasteiger partial charge in [0.05, 0.1) is 17.1 Å². The van der Waals surface area contributed by atoms with Gasteiger partial charge in [-0.3, -0.25) is 14.6 Å². The van der Waals surface area contributed by atoms with Crippen molar-refractivity contribution in [2.75, 3.05) is 11.5 Å². The molecule has 0 atom stereocenters. The van der Waals surface area contributed by atoms with Crippen molar-refractivity contribution in [3.8, 4) is 5.75 Å². The second-order valence-corrected chi connectivity index (χ2v) is 8.32. The highest BCUT2D eigenvalue weighted by atomic mass is 32.2. The maximum atomic E-state index is 12.6. The summed E-state index contributed by atoms with van der Waals surface area (Å²) in [6.07, 6.45) is 1.76. The van der Waals surface area contributed by atoms with Crippen LogP contribution in [0.15, 0.2) is 35.2 Å². The van der Waals surface area contributed by atoms with Crippen LogP contribution in [0.5, 0.6) is 5.75 Å². The van der Waals surface area contributed by atoms with E-state index in [1.807, 2.05) is 44.2 Å². The molecule has 2 aliphatic heterocycles. The first-order chi connectivity index (χ1) is 13.4. The smallest absolute Gasteiger partial charge is 0.265 e. The zero-order valence-electron chi connectivity index (χ0n) is 15.3. The maximum Gasteiger partial charge on any atom is 0.265 e. The van der Waals surface area contributed by atoms with Crippen molar-refractivity contribution in [3.05, 3.63) is 57.8 Å². The Balaban J connectivity index is 1.69. The van der Waals surface area contributed by atoms with Gasteiger partial charge in [-0.15, -0.1) is 0 Å². The quantitative estimate of drug-likeness (QED) is 0.618. The summed E-state index contributed by atoms with van der Waals surface area (Å²) >= 11 is 6.25. The second-order valence-electron chi connectivity index (χ2n) is 6.61. The number of fused-ring (bicyclic) bond motifs is 1. The maximum absolute atomic E-state index is 12.6. The molecule has 1 aromatic carbocycles. The Labute approximate surface area is 172 Å². The Morgan fingerprint density at radius 2 is 2.00 bits per heavy atom. The van der Waals surface area contributed by atoms with E-state index in [-0.39, 0.29) is 18.4 Å². The van der Waals surface area contributed by atoms with Gasteiger partial charge in [-0.25, -0.2) is 0 Å². The number of aryl methyl sites for hydroxylation is 2. The molecule has 2 aromatic rings. The van der Waals surface area contributed by atoms with Gasteiger partial charge < -0.3 is 15.0 Å². The summed E-state index contributed by atoms with van der Waals surface area (Å²) in [5.41, 5.74) is 4.31. The summed E-state index contributed by atoms with van der Waals surface area (Å²) in [4.78, 5) is 31.1. The number of amides is 2. The predicted octanol–water partition coefficient (Wildman–Crippen LogP) is 3.11. The van der Waals surface area contributed by atoms with Crippen LogP contribution >= 0.6 is 24.0 Å². The van der Waals surface area contributed by atoms with E-state index in [0.29, 0.717) is 27.2 Å². The lowest BCUT2D eigenvalue weighted by Gasteiger charge is -2.30. The summed E-state index contributed by atoms with van der Waals surface area (Å²) in [5, 5.41) is 2.60. The third-order valence-corrected chi connectivity index (χ3v) is 5.51. The predicted molar refractivity (Wildman–Crippen MR) is 113 cm³/mol.